The molecule has 1 aliphatic rings. The van der Waals surface area contributed by atoms with E-state index in [0.29, 0.717) is 0 Å². The minimum atomic E-state index is 0.247. The van der Waals surface area contributed by atoms with E-state index in [1.54, 1.807) is 0 Å². The summed E-state index contributed by atoms with van der Waals surface area (Å²) in [6, 6.07) is 10.7. The van der Waals surface area contributed by atoms with Gasteiger partial charge < -0.3 is 15.5 Å². The molecular weight excluding hydrogens is 298 g/mol. The molecule has 0 aliphatic carbocycles. The summed E-state index contributed by atoms with van der Waals surface area (Å²) in [4.78, 5) is 9.77. The third kappa shape index (κ3) is 6.13. The maximum Gasteiger partial charge on any atom is 0.191 e. The molecule has 1 aromatic rings. The van der Waals surface area contributed by atoms with E-state index in [9.17, 15) is 0 Å². The van der Waals surface area contributed by atoms with Crippen molar-refractivity contribution in [3.8, 4) is 0 Å². The van der Waals surface area contributed by atoms with Gasteiger partial charge in [0.15, 0.2) is 5.96 Å². The Bertz CT molecular complexity index is 480. The number of nitrogens with zero attached hydrogens (tertiary/aromatic N) is 3. The average Bonchev–Trinajstić information content (AvgIpc) is 2.63. The highest BCUT2D eigenvalue weighted by Crippen LogP contribution is 2.10. The molecule has 24 heavy (non-hydrogen) atoms. The van der Waals surface area contributed by atoms with Crippen molar-refractivity contribution in [1.82, 2.24) is 20.4 Å². The Morgan fingerprint density at radius 1 is 1.08 bits per heavy atom. The fraction of sp³-hybridized carbons (Fsp3) is 0.632. The molecule has 0 aromatic heterocycles. The molecule has 134 valence electrons. The summed E-state index contributed by atoms with van der Waals surface area (Å²) in [5.74, 6) is 0.904. The van der Waals surface area contributed by atoms with Crippen molar-refractivity contribution in [1.29, 1.82) is 0 Å². The van der Waals surface area contributed by atoms with Crippen molar-refractivity contribution in [2.75, 3.05) is 52.4 Å². The molecule has 0 saturated carbocycles. The summed E-state index contributed by atoms with van der Waals surface area (Å²) in [7, 11) is 0. The molecular formula is C19H33N5. The van der Waals surface area contributed by atoms with Gasteiger partial charge in [0, 0.05) is 39.3 Å². The van der Waals surface area contributed by atoms with Crippen LogP contribution in [0.5, 0.6) is 0 Å². The number of hydrogen-bond donors (Lipinski definition) is 2. The van der Waals surface area contributed by atoms with Crippen LogP contribution in [0.3, 0.4) is 0 Å². The third-order valence-electron chi connectivity index (χ3n) is 4.60. The van der Waals surface area contributed by atoms with Gasteiger partial charge in [0.05, 0.1) is 12.6 Å². The zero-order valence-electron chi connectivity index (χ0n) is 15.5. The molecule has 0 amide bonds. The molecule has 1 saturated heterocycles. The van der Waals surface area contributed by atoms with Crippen LogP contribution in [0.1, 0.15) is 32.4 Å². The lowest BCUT2D eigenvalue weighted by atomic mass is 10.1. The smallest absolute Gasteiger partial charge is 0.191 e. The lowest BCUT2D eigenvalue weighted by Crippen LogP contribution is -2.47. The third-order valence-corrected chi connectivity index (χ3v) is 4.60. The molecule has 2 N–H and O–H groups in total. The number of rotatable bonds is 7. The molecule has 0 spiro atoms. The van der Waals surface area contributed by atoms with Gasteiger partial charge in [0.2, 0.25) is 0 Å². The standard InChI is InChI=1S/C19H33N5/c1-4-20-19(22-17(3)18-9-7-6-8-10-18)21-11-12-24-15-13-23(5-2)14-16-24/h6-10,17H,4-5,11-16H2,1-3H3,(H2,20,21,22). The molecule has 5 nitrogen and oxygen atoms in total. The molecule has 1 fully saturated rings. The Morgan fingerprint density at radius 2 is 1.75 bits per heavy atom. The van der Waals surface area contributed by atoms with Crippen molar-refractivity contribution in [2.24, 2.45) is 4.99 Å². The molecule has 5 heteroatoms. The average molecular weight is 332 g/mol. The van der Waals surface area contributed by atoms with Crippen LogP contribution >= 0.6 is 0 Å². The first-order valence-electron chi connectivity index (χ1n) is 9.27. The van der Waals surface area contributed by atoms with E-state index in [2.05, 4.69) is 65.5 Å². The quantitative estimate of drug-likeness (QED) is 0.592. The lowest BCUT2D eigenvalue weighted by Gasteiger charge is -2.33. The highest BCUT2D eigenvalue weighted by molar-refractivity contribution is 5.80. The van der Waals surface area contributed by atoms with Gasteiger partial charge in [-0.2, -0.15) is 0 Å². The number of guanidine groups is 1. The van der Waals surface area contributed by atoms with Gasteiger partial charge in [0.25, 0.3) is 0 Å². The molecule has 1 aliphatic heterocycles. The minimum Gasteiger partial charge on any atom is -0.357 e. The van der Waals surface area contributed by atoms with Gasteiger partial charge in [-0.05, 0) is 26.0 Å². The van der Waals surface area contributed by atoms with E-state index in [-0.39, 0.29) is 6.04 Å². The predicted octanol–water partition coefficient (Wildman–Crippen LogP) is 1.94. The summed E-state index contributed by atoms with van der Waals surface area (Å²) in [6.45, 7) is 15.1. The Labute approximate surface area is 147 Å². The summed E-state index contributed by atoms with van der Waals surface area (Å²) in [5, 5.41) is 6.85. The number of nitrogens with one attached hydrogen (secondary N) is 2. The molecule has 2 rings (SSSR count). The van der Waals surface area contributed by atoms with Crippen LogP contribution < -0.4 is 10.6 Å². The number of piperazine rings is 1. The van der Waals surface area contributed by atoms with Crippen molar-refractivity contribution in [2.45, 2.75) is 26.8 Å². The Hall–Kier alpha value is -1.59. The van der Waals surface area contributed by atoms with Gasteiger partial charge in [-0.15, -0.1) is 0 Å². The second-order valence-corrected chi connectivity index (χ2v) is 6.31. The van der Waals surface area contributed by atoms with Crippen LogP contribution in [0.2, 0.25) is 0 Å². The maximum atomic E-state index is 4.75. The lowest BCUT2D eigenvalue weighted by molar-refractivity contribution is 0.140. The molecule has 0 radical (unpaired) electrons. The fourth-order valence-electron chi connectivity index (χ4n) is 2.98. The molecule has 0 bridgehead atoms. The number of hydrogen-bond acceptors (Lipinski definition) is 3. The number of aliphatic imine (C=N–C) groups is 1. The van der Waals surface area contributed by atoms with E-state index < -0.39 is 0 Å². The van der Waals surface area contributed by atoms with E-state index >= 15 is 0 Å². The summed E-state index contributed by atoms with van der Waals surface area (Å²) < 4.78 is 0. The summed E-state index contributed by atoms with van der Waals surface area (Å²) in [6.07, 6.45) is 0. The van der Waals surface area contributed by atoms with Gasteiger partial charge in [-0.1, -0.05) is 37.3 Å². The molecule has 1 unspecified atom stereocenters. The van der Waals surface area contributed by atoms with Crippen LogP contribution in [0.25, 0.3) is 0 Å². The Kier molecular flexibility index (Phi) is 8.05. The zero-order chi connectivity index (χ0) is 17.2. The predicted molar refractivity (Wildman–Crippen MR) is 103 cm³/mol. The second kappa shape index (κ2) is 10.3. The Balaban J connectivity index is 1.80. The molecule has 1 atom stereocenters. The van der Waals surface area contributed by atoms with Crippen LogP contribution in [0, 0.1) is 0 Å². The zero-order valence-corrected chi connectivity index (χ0v) is 15.5. The number of benzene rings is 1. The SMILES string of the molecule is CCNC(=NCCN1CCN(CC)CC1)NC(C)c1ccccc1. The molecule has 1 aromatic carbocycles. The highest BCUT2D eigenvalue weighted by atomic mass is 15.3. The fourth-order valence-corrected chi connectivity index (χ4v) is 2.98. The topological polar surface area (TPSA) is 42.9 Å². The first-order valence-corrected chi connectivity index (χ1v) is 9.27. The monoisotopic (exact) mass is 331 g/mol. The van der Waals surface area contributed by atoms with E-state index in [0.717, 1.165) is 45.2 Å². The summed E-state index contributed by atoms with van der Waals surface area (Å²) in [5.41, 5.74) is 1.28. The second-order valence-electron chi connectivity index (χ2n) is 6.31. The molecule has 1 heterocycles. The van der Waals surface area contributed by atoms with Crippen LogP contribution in [-0.2, 0) is 0 Å². The van der Waals surface area contributed by atoms with Crippen molar-refractivity contribution in [3.05, 3.63) is 35.9 Å². The normalized spacial score (nSPS) is 18.4. The maximum absolute atomic E-state index is 4.75. The van der Waals surface area contributed by atoms with Gasteiger partial charge in [0.1, 0.15) is 0 Å². The highest BCUT2D eigenvalue weighted by Gasteiger charge is 2.14. The van der Waals surface area contributed by atoms with Crippen LogP contribution in [0.15, 0.2) is 35.3 Å². The Morgan fingerprint density at radius 3 is 2.38 bits per heavy atom. The largest absolute Gasteiger partial charge is 0.357 e. The minimum absolute atomic E-state index is 0.247. The first kappa shape index (κ1) is 18.7. The van der Waals surface area contributed by atoms with Crippen molar-refractivity contribution < 1.29 is 0 Å². The van der Waals surface area contributed by atoms with Crippen molar-refractivity contribution >= 4 is 5.96 Å². The van der Waals surface area contributed by atoms with Gasteiger partial charge in [-0.3, -0.25) is 9.89 Å². The van der Waals surface area contributed by atoms with Crippen molar-refractivity contribution in [3.63, 3.8) is 0 Å². The van der Waals surface area contributed by atoms with Crippen LogP contribution in [-0.4, -0.2) is 68.1 Å². The van der Waals surface area contributed by atoms with E-state index in [4.69, 9.17) is 4.99 Å². The van der Waals surface area contributed by atoms with Gasteiger partial charge in [-0.25, -0.2) is 0 Å². The van der Waals surface area contributed by atoms with Gasteiger partial charge >= 0.3 is 0 Å². The van der Waals surface area contributed by atoms with Crippen LogP contribution in [0.4, 0.5) is 0 Å². The first-order chi connectivity index (χ1) is 11.7. The van der Waals surface area contributed by atoms with E-state index in [1.165, 1.54) is 18.7 Å². The van der Waals surface area contributed by atoms with E-state index in [1.807, 2.05) is 6.07 Å². The number of likely N-dealkylation sites (N-methyl/N-ethyl adjacent to an activating group) is 1. The summed E-state index contributed by atoms with van der Waals surface area (Å²) >= 11 is 0.